The molecule has 0 radical (unpaired) electrons. The highest BCUT2D eigenvalue weighted by Crippen LogP contribution is 2.38. The van der Waals surface area contributed by atoms with E-state index in [9.17, 15) is 0 Å². The summed E-state index contributed by atoms with van der Waals surface area (Å²) < 4.78 is 0. The van der Waals surface area contributed by atoms with E-state index in [4.69, 9.17) is 4.84 Å². The van der Waals surface area contributed by atoms with Gasteiger partial charge in [0.1, 0.15) is 0 Å². The average molecular weight is 257 g/mol. The van der Waals surface area contributed by atoms with E-state index in [1.165, 1.54) is 25.7 Å². The van der Waals surface area contributed by atoms with Crippen molar-refractivity contribution >= 4 is 0 Å². The third-order valence-corrected chi connectivity index (χ3v) is 3.66. The normalized spacial score (nSPS) is 24.0. The van der Waals surface area contributed by atoms with Crippen molar-refractivity contribution in [3.63, 3.8) is 0 Å². The van der Waals surface area contributed by atoms with Crippen LogP contribution in [0.2, 0.25) is 0 Å². The van der Waals surface area contributed by atoms with Crippen LogP contribution >= 0.6 is 0 Å². The molecule has 0 bridgehead atoms. The Bertz CT molecular complexity index is 207. The maximum atomic E-state index is 6.20. The zero-order valence-corrected chi connectivity index (χ0v) is 14.0. The molecule has 1 unspecified atom stereocenters. The molecular formula is C16H35NO. The van der Waals surface area contributed by atoms with Gasteiger partial charge in [0.2, 0.25) is 0 Å². The largest absolute Gasteiger partial charge is 0.295 e. The summed E-state index contributed by atoms with van der Waals surface area (Å²) in [5, 5.41) is 2.27. The second-order valence-corrected chi connectivity index (χ2v) is 6.48. The Labute approximate surface area is 115 Å². The van der Waals surface area contributed by atoms with Crippen LogP contribution in [0.15, 0.2) is 0 Å². The van der Waals surface area contributed by atoms with Crippen LogP contribution in [0.5, 0.6) is 0 Å². The van der Waals surface area contributed by atoms with Crippen molar-refractivity contribution in [3.8, 4) is 0 Å². The maximum absolute atomic E-state index is 6.20. The number of hydrogen-bond donors (Lipinski definition) is 0. The highest BCUT2D eigenvalue weighted by atomic mass is 16.7. The Morgan fingerprint density at radius 3 is 1.89 bits per heavy atom. The topological polar surface area (TPSA) is 12.5 Å². The summed E-state index contributed by atoms with van der Waals surface area (Å²) in [5.41, 5.74) is 0.341. The molecule has 0 aliphatic carbocycles. The molecule has 18 heavy (non-hydrogen) atoms. The van der Waals surface area contributed by atoms with Crippen LogP contribution in [-0.2, 0) is 4.84 Å². The molecule has 1 heterocycles. The number of hydroxylamine groups is 2. The summed E-state index contributed by atoms with van der Waals surface area (Å²) in [6, 6.07) is 0. The molecule has 0 aromatic heterocycles. The summed E-state index contributed by atoms with van der Waals surface area (Å²) in [7, 11) is 0. The van der Waals surface area contributed by atoms with Gasteiger partial charge >= 0.3 is 0 Å². The summed E-state index contributed by atoms with van der Waals surface area (Å²) in [4.78, 5) is 6.20. The van der Waals surface area contributed by atoms with Gasteiger partial charge in [0, 0.05) is 11.1 Å². The first-order valence-corrected chi connectivity index (χ1v) is 7.77. The van der Waals surface area contributed by atoms with Gasteiger partial charge in [-0.1, -0.05) is 27.2 Å². The van der Waals surface area contributed by atoms with Gasteiger partial charge in [0.25, 0.3) is 0 Å². The Hall–Kier alpha value is -0.0800. The SMILES string of the molecule is CC.CCCC(C)ON1C(C)(C)CCCC1(C)C. The Kier molecular flexibility index (Phi) is 7.46. The van der Waals surface area contributed by atoms with Gasteiger partial charge in [0.15, 0.2) is 0 Å². The lowest BCUT2D eigenvalue weighted by Crippen LogP contribution is -2.59. The first kappa shape index (κ1) is 17.9. The van der Waals surface area contributed by atoms with E-state index in [-0.39, 0.29) is 11.1 Å². The van der Waals surface area contributed by atoms with Crippen LogP contribution < -0.4 is 0 Å². The van der Waals surface area contributed by atoms with E-state index < -0.39 is 0 Å². The molecular weight excluding hydrogens is 222 g/mol. The van der Waals surface area contributed by atoms with Gasteiger partial charge in [-0.15, -0.1) is 0 Å². The third kappa shape index (κ3) is 4.89. The Morgan fingerprint density at radius 1 is 1.06 bits per heavy atom. The molecule has 0 spiro atoms. The van der Waals surface area contributed by atoms with Crippen LogP contribution in [0.3, 0.4) is 0 Å². The van der Waals surface area contributed by atoms with Crippen molar-refractivity contribution in [1.82, 2.24) is 5.06 Å². The smallest absolute Gasteiger partial charge is 0.0765 e. The lowest BCUT2D eigenvalue weighted by Gasteiger charge is -2.52. The first-order chi connectivity index (χ1) is 8.29. The Balaban J connectivity index is 0.00000137. The van der Waals surface area contributed by atoms with E-state index >= 15 is 0 Å². The second-order valence-electron chi connectivity index (χ2n) is 6.48. The molecule has 1 fully saturated rings. The number of piperidine rings is 1. The molecule has 1 atom stereocenters. The van der Waals surface area contributed by atoms with Crippen LogP contribution in [-0.4, -0.2) is 22.2 Å². The average Bonchev–Trinajstić information content (AvgIpc) is 2.26. The monoisotopic (exact) mass is 257 g/mol. The van der Waals surface area contributed by atoms with Crippen molar-refractivity contribution in [2.45, 2.75) is 105 Å². The van der Waals surface area contributed by atoms with Gasteiger partial charge in [-0.25, -0.2) is 0 Å². The lowest BCUT2D eigenvalue weighted by atomic mass is 9.82. The van der Waals surface area contributed by atoms with E-state index in [0.29, 0.717) is 6.10 Å². The molecule has 0 N–H and O–H groups in total. The van der Waals surface area contributed by atoms with Gasteiger partial charge in [-0.3, -0.25) is 4.84 Å². The summed E-state index contributed by atoms with van der Waals surface area (Å²) in [6.07, 6.45) is 6.44. The summed E-state index contributed by atoms with van der Waals surface area (Å²) >= 11 is 0. The number of nitrogens with zero attached hydrogens (tertiary/aromatic N) is 1. The van der Waals surface area contributed by atoms with Crippen molar-refractivity contribution in [2.75, 3.05) is 0 Å². The molecule has 0 amide bonds. The van der Waals surface area contributed by atoms with E-state index in [0.717, 1.165) is 6.42 Å². The standard InChI is InChI=1S/C14H29NO.C2H6/c1-7-9-12(2)16-15-13(3,4)10-8-11-14(15,5)6;1-2/h12H,7-11H2,1-6H3;1-2H3. The molecule has 0 aromatic carbocycles. The predicted molar refractivity (Wildman–Crippen MR) is 80.7 cm³/mol. The molecule has 110 valence electrons. The van der Waals surface area contributed by atoms with Crippen LogP contribution in [0.1, 0.15) is 87.5 Å². The van der Waals surface area contributed by atoms with Crippen molar-refractivity contribution in [1.29, 1.82) is 0 Å². The fourth-order valence-corrected chi connectivity index (χ4v) is 2.90. The fourth-order valence-electron chi connectivity index (χ4n) is 2.90. The highest BCUT2D eigenvalue weighted by molar-refractivity contribution is 4.92. The van der Waals surface area contributed by atoms with Crippen LogP contribution in [0.4, 0.5) is 0 Å². The molecule has 1 rings (SSSR count). The minimum atomic E-state index is 0.170. The molecule has 2 heteroatoms. The predicted octanol–water partition coefficient (Wildman–Crippen LogP) is 5.18. The summed E-state index contributed by atoms with van der Waals surface area (Å²) in [6.45, 7) is 17.6. The van der Waals surface area contributed by atoms with Crippen LogP contribution in [0, 0.1) is 0 Å². The molecule has 0 aromatic rings. The van der Waals surface area contributed by atoms with Gasteiger partial charge in [0.05, 0.1) is 6.10 Å². The molecule has 1 aliphatic rings. The van der Waals surface area contributed by atoms with E-state index in [2.05, 4.69) is 46.6 Å². The quantitative estimate of drug-likeness (QED) is 0.688. The third-order valence-electron chi connectivity index (χ3n) is 3.66. The molecule has 0 saturated carbocycles. The van der Waals surface area contributed by atoms with Crippen molar-refractivity contribution in [2.24, 2.45) is 0 Å². The van der Waals surface area contributed by atoms with E-state index in [1.54, 1.807) is 0 Å². The maximum Gasteiger partial charge on any atom is 0.0765 e. The van der Waals surface area contributed by atoms with Crippen LogP contribution in [0.25, 0.3) is 0 Å². The second kappa shape index (κ2) is 7.49. The lowest BCUT2D eigenvalue weighted by molar-refractivity contribution is -0.302. The first-order valence-electron chi connectivity index (χ1n) is 7.77. The Morgan fingerprint density at radius 2 is 1.50 bits per heavy atom. The van der Waals surface area contributed by atoms with Gasteiger partial charge in [-0.2, -0.15) is 5.06 Å². The minimum absolute atomic E-state index is 0.170. The van der Waals surface area contributed by atoms with Crippen molar-refractivity contribution in [3.05, 3.63) is 0 Å². The molecule has 2 nitrogen and oxygen atoms in total. The fraction of sp³-hybridized carbons (Fsp3) is 1.00. The van der Waals surface area contributed by atoms with Gasteiger partial charge in [-0.05, 0) is 60.3 Å². The van der Waals surface area contributed by atoms with Crippen molar-refractivity contribution < 1.29 is 4.84 Å². The summed E-state index contributed by atoms with van der Waals surface area (Å²) in [5.74, 6) is 0. The number of rotatable bonds is 4. The zero-order chi connectivity index (χ0) is 14.4. The number of hydrogen-bond acceptors (Lipinski definition) is 2. The molecule has 1 aliphatic heterocycles. The van der Waals surface area contributed by atoms with E-state index in [1.807, 2.05) is 13.8 Å². The highest BCUT2D eigenvalue weighted by Gasteiger charge is 2.43. The molecule has 1 saturated heterocycles. The van der Waals surface area contributed by atoms with Gasteiger partial charge < -0.3 is 0 Å². The minimum Gasteiger partial charge on any atom is -0.295 e. The zero-order valence-electron chi connectivity index (χ0n) is 14.0.